The van der Waals surface area contributed by atoms with Gasteiger partial charge in [-0.25, -0.2) is 4.31 Å². The van der Waals surface area contributed by atoms with Crippen LogP contribution in [0.5, 0.6) is 0 Å². The maximum atomic E-state index is 6.07. The Morgan fingerprint density at radius 1 is 1.29 bits per heavy atom. The van der Waals surface area contributed by atoms with E-state index < -0.39 is 0 Å². The third kappa shape index (κ3) is 6.42. The predicted octanol–water partition coefficient (Wildman–Crippen LogP) is 5.52. The molecule has 1 aromatic carbocycles. The monoisotopic (exact) mass is 391 g/mol. The van der Waals surface area contributed by atoms with Gasteiger partial charge in [0.25, 0.3) is 0 Å². The fourth-order valence-corrected chi connectivity index (χ4v) is 4.49. The summed E-state index contributed by atoms with van der Waals surface area (Å²) in [6, 6.07) is 8.99. The van der Waals surface area contributed by atoms with E-state index in [9.17, 15) is 0 Å². The number of halogens is 2. The summed E-state index contributed by atoms with van der Waals surface area (Å²) in [6.07, 6.45) is 1.44. The zero-order chi connectivity index (χ0) is 17.0. The second-order valence-electron chi connectivity index (χ2n) is 7.49. The number of rotatable bonds is 6. The molecule has 5 heteroatoms. The van der Waals surface area contributed by atoms with Gasteiger partial charge in [0.05, 0.1) is 6.10 Å². The standard InChI is InChI=1S/C19H30ClNOS.ClH/c1-14(11-21-12-15(2)22-16(3)23-21)10-17-6-8-18(9-7-17)19(4,5)13-20;/h6-9,14-16H,10-13H2,1-5H3;1H. The number of hydrogen-bond donors (Lipinski definition) is 0. The van der Waals surface area contributed by atoms with E-state index in [1.54, 1.807) is 0 Å². The molecule has 0 N–H and O–H groups in total. The van der Waals surface area contributed by atoms with Gasteiger partial charge in [0.15, 0.2) is 0 Å². The van der Waals surface area contributed by atoms with E-state index in [4.69, 9.17) is 16.3 Å². The molecule has 2 rings (SSSR count). The molecule has 138 valence electrons. The van der Waals surface area contributed by atoms with Crippen LogP contribution < -0.4 is 0 Å². The Morgan fingerprint density at radius 3 is 2.46 bits per heavy atom. The van der Waals surface area contributed by atoms with Crippen molar-refractivity contribution >= 4 is 36.0 Å². The van der Waals surface area contributed by atoms with Crippen molar-refractivity contribution in [3.05, 3.63) is 35.4 Å². The average Bonchev–Trinajstić information content (AvgIpc) is 2.46. The van der Waals surface area contributed by atoms with E-state index >= 15 is 0 Å². The lowest BCUT2D eigenvalue weighted by molar-refractivity contribution is 0.0259. The largest absolute Gasteiger partial charge is 0.362 e. The fraction of sp³-hybridized carbons (Fsp3) is 0.684. The van der Waals surface area contributed by atoms with E-state index in [0.29, 0.717) is 17.9 Å². The van der Waals surface area contributed by atoms with Crippen LogP contribution in [0.1, 0.15) is 45.7 Å². The van der Waals surface area contributed by atoms with Crippen LogP contribution in [0.4, 0.5) is 0 Å². The molecule has 24 heavy (non-hydrogen) atoms. The molecule has 0 aromatic heterocycles. The van der Waals surface area contributed by atoms with Gasteiger partial charge in [-0.15, -0.1) is 24.0 Å². The van der Waals surface area contributed by atoms with Gasteiger partial charge in [0, 0.05) is 24.4 Å². The highest BCUT2D eigenvalue weighted by atomic mass is 35.5. The molecule has 0 bridgehead atoms. The molecule has 0 amide bonds. The molecule has 1 saturated heterocycles. The Balaban J connectivity index is 0.00000288. The van der Waals surface area contributed by atoms with Gasteiger partial charge >= 0.3 is 0 Å². The minimum absolute atomic E-state index is 0. The molecule has 3 unspecified atom stereocenters. The van der Waals surface area contributed by atoms with E-state index in [1.807, 2.05) is 11.9 Å². The molecule has 1 aliphatic heterocycles. The first-order valence-corrected chi connectivity index (χ1v) is 9.90. The molecular formula is C19H31Cl2NOS. The van der Waals surface area contributed by atoms with E-state index in [-0.39, 0.29) is 23.3 Å². The van der Waals surface area contributed by atoms with Crippen molar-refractivity contribution < 1.29 is 4.74 Å². The molecule has 0 aliphatic carbocycles. The smallest absolute Gasteiger partial charge is 0.115 e. The Morgan fingerprint density at radius 2 is 1.92 bits per heavy atom. The lowest BCUT2D eigenvalue weighted by Crippen LogP contribution is -2.38. The summed E-state index contributed by atoms with van der Waals surface area (Å²) in [6.45, 7) is 13.1. The summed E-state index contributed by atoms with van der Waals surface area (Å²) >= 11 is 7.90. The van der Waals surface area contributed by atoms with Crippen molar-refractivity contribution in [2.45, 2.75) is 58.0 Å². The van der Waals surface area contributed by atoms with Crippen molar-refractivity contribution in [3.63, 3.8) is 0 Å². The molecule has 0 saturated carbocycles. The van der Waals surface area contributed by atoms with Gasteiger partial charge < -0.3 is 4.74 Å². The normalized spacial score (nSPS) is 23.6. The average molecular weight is 392 g/mol. The molecule has 1 aliphatic rings. The minimum atomic E-state index is 0. The second kappa shape index (κ2) is 9.68. The topological polar surface area (TPSA) is 12.5 Å². The molecule has 1 heterocycles. The number of hydrogen-bond acceptors (Lipinski definition) is 3. The van der Waals surface area contributed by atoms with Crippen molar-refractivity contribution in [2.24, 2.45) is 5.92 Å². The Kier molecular flexibility index (Phi) is 8.92. The van der Waals surface area contributed by atoms with Crippen LogP contribution in [0.15, 0.2) is 24.3 Å². The van der Waals surface area contributed by atoms with Crippen LogP contribution in [0.2, 0.25) is 0 Å². The maximum Gasteiger partial charge on any atom is 0.115 e. The Labute approximate surface area is 163 Å². The van der Waals surface area contributed by atoms with E-state index in [0.717, 1.165) is 19.5 Å². The van der Waals surface area contributed by atoms with Gasteiger partial charge in [-0.3, -0.25) is 0 Å². The van der Waals surface area contributed by atoms with Crippen LogP contribution in [0.25, 0.3) is 0 Å². The number of nitrogens with zero attached hydrogens (tertiary/aromatic N) is 1. The van der Waals surface area contributed by atoms with Crippen LogP contribution >= 0.6 is 36.0 Å². The van der Waals surface area contributed by atoms with Gasteiger partial charge in [-0.1, -0.05) is 45.0 Å². The molecular weight excluding hydrogens is 361 g/mol. The zero-order valence-electron chi connectivity index (χ0n) is 15.4. The predicted molar refractivity (Wildman–Crippen MR) is 109 cm³/mol. The first-order valence-electron chi connectivity index (χ1n) is 8.52. The summed E-state index contributed by atoms with van der Waals surface area (Å²) in [5, 5.41) is 0. The van der Waals surface area contributed by atoms with E-state index in [1.165, 1.54) is 11.1 Å². The first-order chi connectivity index (χ1) is 10.8. The molecule has 0 spiro atoms. The van der Waals surface area contributed by atoms with E-state index in [2.05, 4.69) is 63.2 Å². The lowest BCUT2D eigenvalue weighted by atomic mass is 9.86. The highest BCUT2D eigenvalue weighted by Gasteiger charge is 2.24. The first kappa shape index (κ1) is 22.1. The van der Waals surface area contributed by atoms with Crippen LogP contribution in [-0.4, -0.2) is 34.8 Å². The lowest BCUT2D eigenvalue weighted by Gasteiger charge is -2.35. The SMILES string of the molecule is CC(Cc1ccc(C(C)(C)CCl)cc1)CN1CC(C)OC(C)S1.Cl. The Hall–Kier alpha value is 0.0700. The summed E-state index contributed by atoms with van der Waals surface area (Å²) in [4.78, 5) is 0. The molecule has 1 aromatic rings. The Bertz CT molecular complexity index is 485. The van der Waals surface area contributed by atoms with Crippen LogP contribution in [0, 0.1) is 5.92 Å². The summed E-state index contributed by atoms with van der Waals surface area (Å²) in [5.41, 5.74) is 3.03. The van der Waals surface area contributed by atoms with Crippen molar-refractivity contribution in [1.82, 2.24) is 4.31 Å². The third-order valence-corrected chi connectivity index (χ3v) is 6.02. The minimum Gasteiger partial charge on any atom is -0.362 e. The zero-order valence-corrected chi connectivity index (χ0v) is 17.8. The highest BCUT2D eigenvalue weighted by Crippen LogP contribution is 2.28. The van der Waals surface area contributed by atoms with Crippen molar-refractivity contribution in [2.75, 3.05) is 19.0 Å². The second-order valence-corrected chi connectivity index (χ2v) is 9.15. The molecule has 3 atom stereocenters. The maximum absolute atomic E-state index is 6.07. The highest BCUT2D eigenvalue weighted by molar-refractivity contribution is 7.97. The molecule has 2 nitrogen and oxygen atoms in total. The number of ether oxygens (including phenoxy) is 1. The molecule has 0 radical (unpaired) electrons. The third-order valence-electron chi connectivity index (χ3n) is 4.35. The quantitative estimate of drug-likeness (QED) is 0.467. The van der Waals surface area contributed by atoms with Crippen LogP contribution in [0.3, 0.4) is 0 Å². The van der Waals surface area contributed by atoms with Crippen molar-refractivity contribution in [1.29, 1.82) is 0 Å². The van der Waals surface area contributed by atoms with Gasteiger partial charge in [0.1, 0.15) is 5.44 Å². The van der Waals surface area contributed by atoms with Gasteiger partial charge in [0.2, 0.25) is 0 Å². The fourth-order valence-electron chi connectivity index (χ4n) is 3.04. The molecule has 1 fully saturated rings. The summed E-state index contributed by atoms with van der Waals surface area (Å²) in [7, 11) is 0. The summed E-state index contributed by atoms with van der Waals surface area (Å²) < 4.78 is 8.25. The number of alkyl halides is 1. The number of benzene rings is 1. The van der Waals surface area contributed by atoms with Crippen LogP contribution in [-0.2, 0) is 16.6 Å². The van der Waals surface area contributed by atoms with Crippen molar-refractivity contribution in [3.8, 4) is 0 Å². The van der Waals surface area contributed by atoms with Gasteiger partial charge in [-0.05, 0) is 49.3 Å². The van der Waals surface area contributed by atoms with Gasteiger partial charge in [-0.2, -0.15) is 0 Å². The summed E-state index contributed by atoms with van der Waals surface area (Å²) in [5.74, 6) is 1.28.